The molecule has 2 aromatic carbocycles. The minimum absolute atomic E-state index is 0.230. The fraction of sp³-hybridized carbons (Fsp3) is 0. The van der Waals surface area contributed by atoms with Crippen molar-refractivity contribution < 1.29 is 13.6 Å². The Morgan fingerprint density at radius 1 is 0.960 bits per heavy atom. The number of halogens is 2. The lowest BCUT2D eigenvalue weighted by molar-refractivity contribution is 0.102. The molecule has 0 spiro atoms. The van der Waals surface area contributed by atoms with Crippen LogP contribution in [0, 0.1) is 23.5 Å². The van der Waals surface area contributed by atoms with Gasteiger partial charge >= 0.3 is 0 Å². The molecule has 0 bridgehead atoms. The second-order valence-electron chi connectivity index (χ2n) is 5.12. The van der Waals surface area contributed by atoms with Gasteiger partial charge in [0.15, 0.2) is 0 Å². The van der Waals surface area contributed by atoms with Gasteiger partial charge in [-0.3, -0.25) is 4.79 Å². The van der Waals surface area contributed by atoms with Crippen LogP contribution in [0.4, 0.5) is 14.5 Å². The average Bonchev–Trinajstić information content (AvgIpc) is 2.61. The molecule has 1 heterocycles. The van der Waals surface area contributed by atoms with E-state index in [9.17, 15) is 13.6 Å². The fourth-order valence-corrected chi connectivity index (χ4v) is 2.12. The summed E-state index contributed by atoms with van der Waals surface area (Å²) in [6.07, 6.45) is 1.65. The lowest BCUT2D eigenvalue weighted by Crippen LogP contribution is -2.14. The second kappa shape index (κ2) is 7.37. The molecule has 25 heavy (non-hydrogen) atoms. The Morgan fingerprint density at radius 3 is 2.60 bits per heavy atom. The molecule has 3 rings (SSSR count). The van der Waals surface area contributed by atoms with E-state index in [2.05, 4.69) is 22.1 Å². The van der Waals surface area contributed by atoms with Gasteiger partial charge in [0.2, 0.25) is 0 Å². The molecule has 0 aliphatic rings. The van der Waals surface area contributed by atoms with Crippen molar-refractivity contribution in [2.24, 2.45) is 0 Å². The number of amides is 1. The first kappa shape index (κ1) is 16.3. The number of carbonyl (C=O) groups is 1. The Bertz CT molecular complexity index is 976. The van der Waals surface area contributed by atoms with Crippen molar-refractivity contribution in [1.82, 2.24) is 4.98 Å². The summed E-state index contributed by atoms with van der Waals surface area (Å²) in [5.41, 5.74) is 1.53. The molecular formula is C20H12F2N2O. The van der Waals surface area contributed by atoms with E-state index in [1.54, 1.807) is 42.6 Å². The molecule has 1 amide bonds. The molecule has 122 valence electrons. The molecule has 1 N–H and O–H groups in total. The minimum Gasteiger partial charge on any atom is -0.322 e. The van der Waals surface area contributed by atoms with Crippen LogP contribution in [0.1, 0.15) is 21.6 Å². The third kappa shape index (κ3) is 4.27. The van der Waals surface area contributed by atoms with Crippen molar-refractivity contribution in [3.8, 4) is 11.8 Å². The summed E-state index contributed by atoms with van der Waals surface area (Å²) in [5.74, 6) is 3.55. The van der Waals surface area contributed by atoms with Crippen molar-refractivity contribution in [3.05, 3.63) is 95.3 Å². The fourth-order valence-electron chi connectivity index (χ4n) is 2.12. The van der Waals surface area contributed by atoms with Gasteiger partial charge in [0.05, 0.1) is 5.56 Å². The molecule has 0 unspecified atom stereocenters. The van der Waals surface area contributed by atoms with E-state index in [4.69, 9.17) is 0 Å². The van der Waals surface area contributed by atoms with E-state index in [-0.39, 0.29) is 5.56 Å². The molecular weight excluding hydrogens is 322 g/mol. The van der Waals surface area contributed by atoms with Crippen LogP contribution in [0.15, 0.2) is 66.9 Å². The lowest BCUT2D eigenvalue weighted by Gasteiger charge is -2.06. The van der Waals surface area contributed by atoms with Gasteiger partial charge in [-0.1, -0.05) is 18.1 Å². The molecule has 0 saturated carbocycles. The molecule has 0 atom stereocenters. The van der Waals surface area contributed by atoms with Crippen molar-refractivity contribution >= 4 is 11.6 Å². The van der Waals surface area contributed by atoms with E-state index < -0.39 is 17.5 Å². The highest BCUT2D eigenvalue weighted by atomic mass is 19.1. The smallest absolute Gasteiger partial charge is 0.258 e. The lowest BCUT2D eigenvalue weighted by atomic mass is 10.1. The Labute approximate surface area is 143 Å². The van der Waals surface area contributed by atoms with Crippen molar-refractivity contribution in [2.45, 2.75) is 0 Å². The molecule has 1 aromatic heterocycles. The highest BCUT2D eigenvalue weighted by Gasteiger charge is 2.12. The van der Waals surface area contributed by atoms with Gasteiger partial charge in [0.1, 0.15) is 17.3 Å². The van der Waals surface area contributed by atoms with Crippen molar-refractivity contribution in [1.29, 1.82) is 0 Å². The largest absolute Gasteiger partial charge is 0.322 e. The zero-order valence-electron chi connectivity index (χ0n) is 13.0. The maximum Gasteiger partial charge on any atom is 0.258 e. The Balaban J connectivity index is 1.78. The van der Waals surface area contributed by atoms with Gasteiger partial charge in [0.25, 0.3) is 5.91 Å². The number of nitrogens with one attached hydrogen (secondary N) is 1. The summed E-state index contributed by atoms with van der Waals surface area (Å²) in [6, 6.07) is 15.1. The van der Waals surface area contributed by atoms with Crippen molar-refractivity contribution in [3.63, 3.8) is 0 Å². The van der Waals surface area contributed by atoms with Crippen LogP contribution in [-0.4, -0.2) is 10.9 Å². The molecule has 3 nitrogen and oxygen atoms in total. The number of aromatic nitrogens is 1. The summed E-state index contributed by atoms with van der Waals surface area (Å²) >= 11 is 0. The average molecular weight is 334 g/mol. The van der Waals surface area contributed by atoms with Crippen LogP contribution < -0.4 is 5.32 Å². The Kier molecular flexibility index (Phi) is 4.82. The zero-order valence-corrected chi connectivity index (χ0v) is 13.0. The van der Waals surface area contributed by atoms with Gasteiger partial charge in [-0.25, -0.2) is 13.8 Å². The summed E-state index contributed by atoms with van der Waals surface area (Å²) in [5, 5.41) is 2.57. The Morgan fingerprint density at radius 2 is 1.84 bits per heavy atom. The molecule has 0 fully saturated rings. The summed E-state index contributed by atoms with van der Waals surface area (Å²) < 4.78 is 26.6. The molecule has 0 radical (unpaired) electrons. The molecule has 0 aliphatic heterocycles. The number of anilines is 1. The van der Waals surface area contributed by atoms with E-state index >= 15 is 0 Å². The third-order valence-electron chi connectivity index (χ3n) is 3.30. The maximum atomic E-state index is 13.7. The van der Waals surface area contributed by atoms with Crippen LogP contribution in [-0.2, 0) is 0 Å². The van der Waals surface area contributed by atoms with Crippen LogP contribution in [0.25, 0.3) is 0 Å². The highest BCUT2D eigenvalue weighted by Crippen LogP contribution is 2.14. The SMILES string of the molecule is O=C(Nc1cccc(C#Cc2ccccn2)c1)c1ccc(F)cc1F. The van der Waals surface area contributed by atoms with E-state index in [1.807, 2.05) is 6.07 Å². The first-order valence-electron chi connectivity index (χ1n) is 7.41. The summed E-state index contributed by atoms with van der Waals surface area (Å²) in [6.45, 7) is 0. The van der Waals surface area contributed by atoms with Crippen LogP contribution in [0.2, 0.25) is 0 Å². The molecule has 0 aliphatic carbocycles. The topological polar surface area (TPSA) is 42.0 Å². The number of pyridine rings is 1. The summed E-state index contributed by atoms with van der Waals surface area (Å²) in [7, 11) is 0. The van der Waals surface area contributed by atoms with Gasteiger partial charge in [-0.05, 0) is 48.4 Å². The first-order valence-corrected chi connectivity index (χ1v) is 7.41. The van der Waals surface area contributed by atoms with Gasteiger partial charge in [-0.2, -0.15) is 0 Å². The quantitative estimate of drug-likeness (QED) is 0.720. The van der Waals surface area contributed by atoms with Gasteiger partial charge in [0, 0.05) is 23.5 Å². The second-order valence-corrected chi connectivity index (χ2v) is 5.12. The number of benzene rings is 2. The number of hydrogen-bond donors (Lipinski definition) is 1. The van der Waals surface area contributed by atoms with Crippen LogP contribution in [0.3, 0.4) is 0 Å². The minimum atomic E-state index is -0.913. The van der Waals surface area contributed by atoms with Crippen LogP contribution >= 0.6 is 0 Å². The van der Waals surface area contributed by atoms with Crippen molar-refractivity contribution in [2.75, 3.05) is 5.32 Å². The van der Waals surface area contributed by atoms with E-state index in [0.717, 1.165) is 12.1 Å². The van der Waals surface area contributed by atoms with E-state index in [1.165, 1.54) is 0 Å². The van der Waals surface area contributed by atoms with Crippen LogP contribution in [0.5, 0.6) is 0 Å². The number of carbonyl (C=O) groups excluding carboxylic acids is 1. The molecule has 5 heteroatoms. The molecule has 3 aromatic rings. The monoisotopic (exact) mass is 334 g/mol. The summed E-state index contributed by atoms with van der Waals surface area (Å²) in [4.78, 5) is 16.2. The van der Waals surface area contributed by atoms with Gasteiger partial charge < -0.3 is 5.32 Å². The zero-order chi connectivity index (χ0) is 17.6. The van der Waals surface area contributed by atoms with E-state index in [0.29, 0.717) is 23.0 Å². The number of hydrogen-bond acceptors (Lipinski definition) is 2. The number of nitrogens with zero attached hydrogens (tertiary/aromatic N) is 1. The maximum absolute atomic E-state index is 13.7. The standard InChI is InChI=1S/C20H12F2N2O/c21-15-8-10-18(19(22)13-15)20(25)24-17-6-3-4-14(12-17)7-9-16-5-1-2-11-23-16/h1-6,8,10-13H,(H,24,25). The van der Waals surface area contributed by atoms with Gasteiger partial charge in [-0.15, -0.1) is 0 Å². The normalized spacial score (nSPS) is 9.84. The predicted octanol–water partition coefficient (Wildman–Crippen LogP) is 4.01. The third-order valence-corrected chi connectivity index (χ3v) is 3.30. The Hall–Kier alpha value is -3.52. The number of rotatable bonds is 2. The highest BCUT2D eigenvalue weighted by molar-refractivity contribution is 6.04. The predicted molar refractivity (Wildman–Crippen MR) is 91.0 cm³/mol. The molecule has 0 saturated heterocycles. The first-order chi connectivity index (χ1) is 12.1.